The lowest BCUT2D eigenvalue weighted by molar-refractivity contribution is 0.413. The fourth-order valence-corrected chi connectivity index (χ4v) is 2.10. The van der Waals surface area contributed by atoms with E-state index in [2.05, 4.69) is 42.0 Å². The quantitative estimate of drug-likeness (QED) is 0.823. The Hall–Kier alpha value is -1.42. The van der Waals surface area contributed by atoms with Crippen LogP contribution < -0.4 is 4.74 Å². The maximum absolute atomic E-state index is 5.11. The van der Waals surface area contributed by atoms with E-state index >= 15 is 0 Å². The van der Waals surface area contributed by atoms with Crippen LogP contribution in [0, 0.1) is 0 Å². The van der Waals surface area contributed by atoms with E-state index in [1.807, 2.05) is 16.9 Å². The van der Waals surface area contributed by atoms with Crippen molar-refractivity contribution >= 4 is 12.6 Å². The van der Waals surface area contributed by atoms with Crippen LogP contribution in [-0.2, 0) is 6.54 Å². The van der Waals surface area contributed by atoms with Gasteiger partial charge < -0.3 is 4.74 Å². The average Bonchev–Trinajstić information content (AvgIpc) is 2.84. The molecule has 0 amide bonds. The van der Waals surface area contributed by atoms with Crippen LogP contribution in [0.25, 0.3) is 0 Å². The maximum Gasteiger partial charge on any atom is 0.156 e. The van der Waals surface area contributed by atoms with E-state index in [9.17, 15) is 0 Å². The van der Waals surface area contributed by atoms with E-state index in [4.69, 9.17) is 4.74 Å². The van der Waals surface area contributed by atoms with E-state index in [0.29, 0.717) is 5.92 Å². The van der Waals surface area contributed by atoms with Crippen molar-refractivity contribution in [3.05, 3.63) is 48.3 Å². The molecule has 0 spiro atoms. The maximum atomic E-state index is 5.11. The minimum absolute atomic E-state index is 0.365. The molecule has 0 bridgehead atoms. The average molecular weight is 248 g/mol. The first-order valence-electron chi connectivity index (χ1n) is 5.55. The molecule has 3 nitrogen and oxygen atoms in total. The highest BCUT2D eigenvalue weighted by atomic mass is 32.1. The molecule has 0 N–H and O–H groups in total. The van der Waals surface area contributed by atoms with Crippen LogP contribution in [0.2, 0.25) is 0 Å². The van der Waals surface area contributed by atoms with Gasteiger partial charge in [0.15, 0.2) is 5.75 Å². The van der Waals surface area contributed by atoms with Gasteiger partial charge in [-0.05, 0) is 11.3 Å². The summed E-state index contributed by atoms with van der Waals surface area (Å²) in [5, 5.41) is 4.26. The monoisotopic (exact) mass is 248 g/mol. The van der Waals surface area contributed by atoms with Crippen LogP contribution in [-0.4, -0.2) is 22.6 Å². The molecule has 0 radical (unpaired) electrons. The minimum atomic E-state index is 0.365. The van der Waals surface area contributed by atoms with Gasteiger partial charge in [-0.2, -0.15) is 17.7 Å². The first-order valence-corrected chi connectivity index (χ1v) is 6.19. The van der Waals surface area contributed by atoms with Crippen molar-refractivity contribution in [2.45, 2.75) is 12.5 Å². The van der Waals surface area contributed by atoms with Crippen LogP contribution in [0.5, 0.6) is 5.75 Å². The van der Waals surface area contributed by atoms with Gasteiger partial charge in [0.25, 0.3) is 0 Å². The number of ether oxygens (including phenoxy) is 1. The van der Waals surface area contributed by atoms with E-state index in [-0.39, 0.29) is 0 Å². The van der Waals surface area contributed by atoms with E-state index < -0.39 is 0 Å². The Balaban J connectivity index is 2.10. The zero-order valence-corrected chi connectivity index (χ0v) is 10.7. The van der Waals surface area contributed by atoms with Gasteiger partial charge in [-0.3, -0.25) is 4.68 Å². The number of aromatic nitrogens is 2. The molecule has 0 aliphatic rings. The van der Waals surface area contributed by atoms with E-state index in [1.165, 1.54) is 5.56 Å². The first kappa shape index (κ1) is 12.0. The Morgan fingerprint density at radius 3 is 2.71 bits per heavy atom. The molecule has 1 unspecified atom stereocenters. The normalized spacial score (nSPS) is 12.4. The molecule has 0 saturated carbocycles. The molecule has 1 aromatic carbocycles. The van der Waals surface area contributed by atoms with E-state index in [0.717, 1.165) is 18.0 Å². The van der Waals surface area contributed by atoms with Crippen molar-refractivity contribution < 1.29 is 4.74 Å². The molecule has 0 saturated heterocycles. The molecule has 0 aliphatic heterocycles. The largest absolute Gasteiger partial charge is 0.493 e. The van der Waals surface area contributed by atoms with Gasteiger partial charge in [0.05, 0.1) is 19.5 Å². The van der Waals surface area contributed by atoms with E-state index in [1.54, 1.807) is 13.3 Å². The summed E-state index contributed by atoms with van der Waals surface area (Å²) in [5.41, 5.74) is 1.29. The summed E-state index contributed by atoms with van der Waals surface area (Å²) in [6.45, 7) is 0.816. The molecule has 90 valence electrons. The third-order valence-corrected chi connectivity index (χ3v) is 3.18. The van der Waals surface area contributed by atoms with Gasteiger partial charge in [-0.1, -0.05) is 30.3 Å². The lowest BCUT2D eigenvalue weighted by Crippen LogP contribution is -2.11. The predicted octanol–water partition coefficient (Wildman–Crippen LogP) is 2.61. The number of rotatable bonds is 5. The third-order valence-electron chi connectivity index (χ3n) is 2.74. The Kier molecular flexibility index (Phi) is 4.09. The summed E-state index contributed by atoms with van der Waals surface area (Å²) in [5.74, 6) is 1.95. The lowest BCUT2D eigenvalue weighted by Gasteiger charge is -2.14. The number of hydrogen-bond acceptors (Lipinski definition) is 3. The van der Waals surface area contributed by atoms with Gasteiger partial charge in [-0.25, -0.2) is 0 Å². The third kappa shape index (κ3) is 3.03. The topological polar surface area (TPSA) is 27.1 Å². The van der Waals surface area contributed by atoms with Crippen LogP contribution in [0.15, 0.2) is 42.7 Å². The number of thiol groups is 1. The lowest BCUT2D eigenvalue weighted by atomic mass is 10.0. The Bertz CT molecular complexity index is 455. The summed E-state index contributed by atoms with van der Waals surface area (Å²) in [4.78, 5) is 0. The van der Waals surface area contributed by atoms with Gasteiger partial charge in [0.2, 0.25) is 0 Å². The van der Waals surface area contributed by atoms with Crippen molar-refractivity contribution in [1.29, 1.82) is 0 Å². The summed E-state index contributed by atoms with van der Waals surface area (Å²) >= 11 is 4.41. The molecule has 2 rings (SSSR count). The summed E-state index contributed by atoms with van der Waals surface area (Å²) in [6, 6.07) is 10.4. The SMILES string of the molecule is COc1cnn(CC(CS)c2ccccc2)c1. The molecule has 1 atom stereocenters. The van der Waals surface area contributed by atoms with Crippen molar-refractivity contribution in [3.63, 3.8) is 0 Å². The van der Waals surface area contributed by atoms with Crippen LogP contribution >= 0.6 is 12.6 Å². The molecule has 17 heavy (non-hydrogen) atoms. The number of benzene rings is 1. The summed E-state index contributed by atoms with van der Waals surface area (Å²) < 4.78 is 7.01. The van der Waals surface area contributed by atoms with Gasteiger partial charge in [-0.15, -0.1) is 0 Å². The predicted molar refractivity (Wildman–Crippen MR) is 71.8 cm³/mol. The Morgan fingerprint density at radius 1 is 1.35 bits per heavy atom. The fraction of sp³-hybridized carbons (Fsp3) is 0.308. The molecule has 0 aliphatic carbocycles. The Labute approximate surface area is 107 Å². The molecule has 1 aromatic heterocycles. The van der Waals surface area contributed by atoms with Gasteiger partial charge >= 0.3 is 0 Å². The number of methoxy groups -OCH3 is 1. The van der Waals surface area contributed by atoms with Crippen LogP contribution in [0.4, 0.5) is 0 Å². The second kappa shape index (κ2) is 5.77. The zero-order valence-electron chi connectivity index (χ0n) is 9.78. The molecule has 1 heterocycles. The fourth-order valence-electron chi connectivity index (χ4n) is 1.77. The van der Waals surface area contributed by atoms with Crippen molar-refractivity contribution in [2.24, 2.45) is 0 Å². The van der Waals surface area contributed by atoms with Crippen LogP contribution in [0.3, 0.4) is 0 Å². The van der Waals surface area contributed by atoms with Crippen molar-refractivity contribution in [3.8, 4) is 5.75 Å². The molecule has 0 fully saturated rings. The molecular weight excluding hydrogens is 232 g/mol. The number of hydrogen-bond donors (Lipinski definition) is 1. The molecule has 2 aromatic rings. The van der Waals surface area contributed by atoms with Gasteiger partial charge in [0, 0.05) is 12.5 Å². The molecule has 4 heteroatoms. The van der Waals surface area contributed by atoms with Crippen molar-refractivity contribution in [1.82, 2.24) is 9.78 Å². The number of nitrogens with zero attached hydrogens (tertiary/aromatic N) is 2. The first-order chi connectivity index (χ1) is 8.33. The smallest absolute Gasteiger partial charge is 0.156 e. The standard InChI is InChI=1S/C13H16N2OS/c1-16-13-7-14-15(9-13)8-12(10-17)11-5-3-2-4-6-11/h2-7,9,12,17H,8,10H2,1H3. The minimum Gasteiger partial charge on any atom is -0.493 e. The molecular formula is C13H16N2OS. The summed E-state index contributed by atoms with van der Waals surface area (Å²) in [7, 11) is 1.65. The highest BCUT2D eigenvalue weighted by Gasteiger charge is 2.11. The second-order valence-electron chi connectivity index (χ2n) is 3.89. The zero-order chi connectivity index (χ0) is 12.1. The van der Waals surface area contributed by atoms with Crippen molar-refractivity contribution in [2.75, 3.05) is 12.9 Å². The highest BCUT2D eigenvalue weighted by Crippen LogP contribution is 2.20. The van der Waals surface area contributed by atoms with Gasteiger partial charge in [0.1, 0.15) is 0 Å². The summed E-state index contributed by atoms with van der Waals surface area (Å²) in [6.07, 6.45) is 3.62. The Morgan fingerprint density at radius 2 is 2.12 bits per heavy atom. The van der Waals surface area contributed by atoms with Crippen LogP contribution in [0.1, 0.15) is 11.5 Å². The second-order valence-corrected chi connectivity index (χ2v) is 4.26. The highest BCUT2D eigenvalue weighted by molar-refractivity contribution is 7.80.